The number of nitrogens with one attached hydrogen (secondary N) is 2. The lowest BCUT2D eigenvalue weighted by molar-refractivity contribution is 0.0736. The molecule has 0 aliphatic rings. The van der Waals surface area contributed by atoms with Crippen LogP contribution in [0.25, 0.3) is 5.82 Å². The van der Waals surface area contributed by atoms with Crippen molar-refractivity contribution in [3.8, 4) is 5.82 Å². The fraction of sp³-hybridized carbons (Fsp3) is 0.105. The number of halogens is 4. The number of hydrazine groups is 1. The van der Waals surface area contributed by atoms with Crippen LogP contribution in [0.3, 0.4) is 0 Å². The highest BCUT2D eigenvalue weighted by molar-refractivity contribution is 9.11. The van der Waals surface area contributed by atoms with Crippen LogP contribution in [0.15, 0.2) is 56.1 Å². The van der Waals surface area contributed by atoms with E-state index in [4.69, 9.17) is 11.6 Å². The van der Waals surface area contributed by atoms with Crippen LogP contribution >= 0.6 is 59.4 Å². The molecule has 30 heavy (non-hydrogen) atoms. The lowest BCUT2D eigenvalue weighted by Gasteiger charge is -2.19. The monoisotopic (exact) mass is 617 g/mol. The van der Waals surface area contributed by atoms with Gasteiger partial charge in [0.15, 0.2) is 5.82 Å². The van der Waals surface area contributed by atoms with E-state index < -0.39 is 5.91 Å². The first-order valence-electron chi connectivity index (χ1n) is 8.47. The lowest BCUT2D eigenvalue weighted by atomic mass is 10.1. The highest BCUT2D eigenvalue weighted by Crippen LogP contribution is 2.32. The number of pyridine rings is 1. The lowest BCUT2D eigenvalue weighted by Crippen LogP contribution is -2.37. The minimum absolute atomic E-state index is 0.290. The highest BCUT2D eigenvalue weighted by Gasteiger charge is 2.23. The normalized spacial score (nSPS) is 10.7. The molecule has 7 nitrogen and oxygen atoms in total. The summed E-state index contributed by atoms with van der Waals surface area (Å²) in [4.78, 5) is 30.2. The Bertz CT molecular complexity index is 1140. The van der Waals surface area contributed by atoms with E-state index in [1.807, 2.05) is 0 Å². The maximum absolute atomic E-state index is 13.2. The molecule has 2 aromatic heterocycles. The third-order valence-corrected chi connectivity index (χ3v) is 5.96. The number of aromatic nitrogens is 2. The molecule has 1 aromatic carbocycles. The molecule has 0 unspecified atom stereocenters. The van der Waals surface area contributed by atoms with E-state index in [0.717, 1.165) is 0 Å². The highest BCUT2D eigenvalue weighted by atomic mass is 79.9. The summed E-state index contributed by atoms with van der Waals surface area (Å²) in [6, 6.07) is 8.43. The van der Waals surface area contributed by atoms with Crippen LogP contribution < -0.4 is 10.7 Å². The maximum atomic E-state index is 13.2. The Balaban J connectivity index is 2.04. The van der Waals surface area contributed by atoms with Crippen molar-refractivity contribution >= 4 is 76.9 Å². The molecule has 2 heterocycles. The minimum Gasteiger partial charge on any atom is -0.319 e. The van der Waals surface area contributed by atoms with Crippen LogP contribution in [0.2, 0.25) is 5.02 Å². The SMILES string of the molecule is CNN(C)C(=O)c1cc(Br)cc(Br)c1NC(=O)c1cc(Br)cn1-c1ncccc1Cl. The quantitative estimate of drug-likeness (QED) is 0.381. The standard InChI is InChI=1S/C19H15Br3ClN5O2/c1-24-27(2)19(30)12-6-10(20)7-13(22)16(12)26-18(29)15-8-11(21)9-28(15)17-14(23)4-3-5-25-17/h3-9,24H,1-2H3,(H,26,29). The Hall–Kier alpha value is -1.72. The predicted octanol–water partition coefficient (Wildman–Crippen LogP) is 5.27. The Morgan fingerprint density at radius 2 is 1.90 bits per heavy atom. The smallest absolute Gasteiger partial charge is 0.272 e. The Labute approximate surface area is 203 Å². The summed E-state index contributed by atoms with van der Waals surface area (Å²) in [5, 5.41) is 4.54. The molecule has 11 heteroatoms. The van der Waals surface area contributed by atoms with Crippen molar-refractivity contribution in [2.45, 2.75) is 0 Å². The number of carbonyl (C=O) groups excluding carboxylic acids is 2. The predicted molar refractivity (Wildman–Crippen MR) is 127 cm³/mol. The van der Waals surface area contributed by atoms with Crippen LogP contribution in [0.5, 0.6) is 0 Å². The number of hydrogen-bond acceptors (Lipinski definition) is 4. The van der Waals surface area contributed by atoms with E-state index in [0.29, 0.717) is 35.5 Å². The number of hydrogen-bond donors (Lipinski definition) is 2. The molecule has 0 aliphatic carbocycles. The van der Waals surface area contributed by atoms with Gasteiger partial charge in [0, 0.05) is 39.9 Å². The van der Waals surface area contributed by atoms with Gasteiger partial charge in [0.2, 0.25) is 0 Å². The van der Waals surface area contributed by atoms with Gasteiger partial charge in [0.1, 0.15) is 5.69 Å². The Morgan fingerprint density at radius 3 is 2.57 bits per heavy atom. The molecular weight excluding hydrogens is 605 g/mol. The Morgan fingerprint density at radius 1 is 1.17 bits per heavy atom. The summed E-state index contributed by atoms with van der Waals surface area (Å²) in [6.07, 6.45) is 3.28. The van der Waals surface area contributed by atoms with E-state index in [1.165, 1.54) is 5.01 Å². The van der Waals surface area contributed by atoms with Gasteiger partial charge in [-0.15, -0.1) is 0 Å². The largest absolute Gasteiger partial charge is 0.319 e. The van der Waals surface area contributed by atoms with Crippen LogP contribution in [-0.2, 0) is 0 Å². The average molecular weight is 621 g/mol. The molecule has 0 aliphatic heterocycles. The summed E-state index contributed by atoms with van der Waals surface area (Å²) in [5.41, 5.74) is 3.69. The fourth-order valence-corrected chi connectivity index (χ4v) is 4.62. The summed E-state index contributed by atoms with van der Waals surface area (Å²) in [5.74, 6) is -0.346. The van der Waals surface area contributed by atoms with Crippen LogP contribution in [-0.4, -0.2) is 40.5 Å². The van der Waals surface area contributed by atoms with Gasteiger partial charge in [0.05, 0.1) is 16.3 Å². The minimum atomic E-state index is -0.438. The second kappa shape index (κ2) is 9.61. The zero-order valence-corrected chi connectivity index (χ0v) is 21.2. The zero-order valence-electron chi connectivity index (χ0n) is 15.7. The molecule has 156 valence electrons. The van der Waals surface area contributed by atoms with Gasteiger partial charge in [-0.25, -0.2) is 10.4 Å². The maximum Gasteiger partial charge on any atom is 0.272 e. The summed E-state index contributed by atoms with van der Waals surface area (Å²) >= 11 is 16.5. The second-order valence-corrected chi connectivity index (χ2v) is 9.17. The first kappa shape index (κ1) is 23.0. The van der Waals surface area contributed by atoms with Crippen molar-refractivity contribution in [2.75, 3.05) is 19.4 Å². The van der Waals surface area contributed by atoms with E-state index in [2.05, 4.69) is 63.5 Å². The Kier molecular flexibility index (Phi) is 7.35. The third-order valence-electron chi connectivity index (χ3n) is 4.15. The van der Waals surface area contributed by atoms with Gasteiger partial charge in [-0.1, -0.05) is 27.5 Å². The van der Waals surface area contributed by atoms with Crippen molar-refractivity contribution < 1.29 is 9.59 Å². The van der Waals surface area contributed by atoms with Crippen LogP contribution in [0.4, 0.5) is 5.69 Å². The van der Waals surface area contributed by atoms with Crippen molar-refractivity contribution in [1.82, 2.24) is 20.0 Å². The fourth-order valence-electron chi connectivity index (χ4n) is 2.66. The average Bonchev–Trinajstić information content (AvgIpc) is 3.10. The third kappa shape index (κ3) is 4.78. The number of anilines is 1. The number of amides is 2. The molecule has 0 atom stereocenters. The van der Waals surface area contributed by atoms with Crippen molar-refractivity contribution in [3.05, 3.63) is 72.4 Å². The van der Waals surface area contributed by atoms with E-state index >= 15 is 0 Å². The van der Waals surface area contributed by atoms with Gasteiger partial charge in [0.25, 0.3) is 11.8 Å². The molecule has 0 bridgehead atoms. The van der Waals surface area contributed by atoms with Crippen molar-refractivity contribution in [2.24, 2.45) is 0 Å². The van der Waals surface area contributed by atoms with Gasteiger partial charge in [-0.05, 0) is 62.2 Å². The number of benzene rings is 1. The molecule has 0 spiro atoms. The van der Waals surface area contributed by atoms with E-state index in [9.17, 15) is 9.59 Å². The molecule has 0 radical (unpaired) electrons. The molecule has 2 amide bonds. The molecule has 0 saturated heterocycles. The molecule has 2 N–H and O–H groups in total. The molecular formula is C19H15Br3ClN5O2. The van der Waals surface area contributed by atoms with Crippen molar-refractivity contribution in [1.29, 1.82) is 0 Å². The van der Waals surface area contributed by atoms with Gasteiger partial charge in [-0.3, -0.25) is 19.2 Å². The van der Waals surface area contributed by atoms with Crippen LogP contribution in [0, 0.1) is 0 Å². The topological polar surface area (TPSA) is 79.3 Å². The summed E-state index contributed by atoms with van der Waals surface area (Å²) < 4.78 is 3.49. The number of rotatable bonds is 5. The second-order valence-electron chi connectivity index (χ2n) is 6.07. The van der Waals surface area contributed by atoms with Gasteiger partial charge in [-0.2, -0.15) is 0 Å². The first-order valence-corrected chi connectivity index (χ1v) is 11.2. The summed E-state index contributed by atoms with van der Waals surface area (Å²) in [6.45, 7) is 0. The van der Waals surface area contributed by atoms with E-state index in [1.54, 1.807) is 61.4 Å². The van der Waals surface area contributed by atoms with E-state index in [-0.39, 0.29) is 11.6 Å². The van der Waals surface area contributed by atoms with Crippen molar-refractivity contribution in [3.63, 3.8) is 0 Å². The zero-order chi connectivity index (χ0) is 22.0. The van der Waals surface area contributed by atoms with Gasteiger partial charge < -0.3 is 5.32 Å². The summed E-state index contributed by atoms with van der Waals surface area (Å²) in [7, 11) is 3.22. The first-order chi connectivity index (χ1) is 14.2. The molecule has 3 aromatic rings. The molecule has 0 fully saturated rings. The number of nitrogens with zero attached hydrogens (tertiary/aromatic N) is 3. The molecule has 0 saturated carbocycles. The molecule has 3 rings (SSSR count). The van der Waals surface area contributed by atoms with Gasteiger partial charge >= 0.3 is 0 Å². The number of carbonyl (C=O) groups is 2. The van der Waals surface area contributed by atoms with Crippen LogP contribution in [0.1, 0.15) is 20.8 Å².